The smallest absolute Gasteiger partial charge is 0.295 e. The molecule has 4 N–H and O–H groups in total. The van der Waals surface area contributed by atoms with Gasteiger partial charge < -0.3 is 15.3 Å². The molecule has 0 bridgehead atoms. The van der Waals surface area contributed by atoms with E-state index in [4.69, 9.17) is 16.2 Å². The third-order valence-corrected chi connectivity index (χ3v) is 6.03. The van der Waals surface area contributed by atoms with Crippen LogP contribution in [0.25, 0.3) is 26.6 Å². The molecule has 0 radical (unpaired) electrons. The van der Waals surface area contributed by atoms with Gasteiger partial charge in [-0.25, -0.2) is 0 Å². The highest BCUT2D eigenvalue weighted by molar-refractivity contribution is 7.86. The van der Waals surface area contributed by atoms with Gasteiger partial charge in [0.05, 0.1) is 17.0 Å². The molecule has 3 aromatic rings. The van der Waals surface area contributed by atoms with E-state index in [1.807, 2.05) is 0 Å². The maximum absolute atomic E-state index is 12.0. The van der Waals surface area contributed by atoms with Crippen LogP contribution in [0.4, 0.5) is 0 Å². The lowest BCUT2D eigenvalue weighted by atomic mass is 9.91. The SMILES string of the molecule is O=C(c1ccccc1)c1ccc(O)c(O)c1O.[N-]=[N+]=NC1=C(N=[N+]=[N-])c2c(cccc2S(=O)(=O)O)C(=O)C1=O. The van der Waals surface area contributed by atoms with Gasteiger partial charge in [-0.05, 0) is 29.3 Å². The molecule has 1 aliphatic carbocycles. The van der Waals surface area contributed by atoms with Crippen LogP contribution in [0.15, 0.2) is 81.5 Å². The highest BCUT2D eigenvalue weighted by Crippen LogP contribution is 2.38. The van der Waals surface area contributed by atoms with Crippen molar-refractivity contribution in [3.05, 3.63) is 110 Å². The number of fused-ring (bicyclic) bond motifs is 1. The van der Waals surface area contributed by atoms with Gasteiger partial charge >= 0.3 is 0 Å². The fourth-order valence-corrected chi connectivity index (χ4v) is 4.13. The minimum absolute atomic E-state index is 0.0495. The third-order valence-electron chi connectivity index (χ3n) is 5.13. The number of Topliss-reactive ketones (excluding diaryl/α,β-unsaturated/α-hetero) is 2. The molecule has 0 spiro atoms. The molecule has 0 aliphatic heterocycles. The van der Waals surface area contributed by atoms with E-state index in [0.29, 0.717) is 5.56 Å². The molecular weight excluding hydrogens is 536 g/mol. The second-order valence-corrected chi connectivity index (χ2v) is 8.80. The predicted octanol–water partition coefficient (Wildman–Crippen LogP) is 4.02. The summed E-state index contributed by atoms with van der Waals surface area (Å²) in [6, 6.07) is 14.0. The molecule has 0 amide bonds. The van der Waals surface area contributed by atoms with E-state index in [2.05, 4.69) is 20.1 Å². The van der Waals surface area contributed by atoms with Gasteiger partial charge in [0.1, 0.15) is 4.90 Å². The van der Waals surface area contributed by atoms with Crippen LogP contribution in [-0.4, -0.2) is 45.6 Å². The summed E-state index contributed by atoms with van der Waals surface area (Å²) in [6.07, 6.45) is 0. The van der Waals surface area contributed by atoms with Crippen molar-refractivity contribution >= 4 is 33.2 Å². The van der Waals surface area contributed by atoms with E-state index >= 15 is 0 Å². The summed E-state index contributed by atoms with van der Waals surface area (Å²) >= 11 is 0. The minimum atomic E-state index is -4.79. The van der Waals surface area contributed by atoms with E-state index in [1.165, 1.54) is 6.07 Å². The summed E-state index contributed by atoms with van der Waals surface area (Å²) in [5.41, 5.74) is 15.0. The maximum Gasteiger partial charge on any atom is 0.295 e. The number of hydrogen-bond donors (Lipinski definition) is 4. The Labute approximate surface area is 217 Å². The Hall–Kier alpha value is -5.66. The van der Waals surface area contributed by atoms with Gasteiger partial charge in [-0.1, -0.05) is 52.7 Å². The summed E-state index contributed by atoms with van der Waals surface area (Å²) in [4.78, 5) is 39.8. The molecule has 16 heteroatoms. The van der Waals surface area contributed by atoms with E-state index in [9.17, 15) is 37.6 Å². The van der Waals surface area contributed by atoms with Crippen molar-refractivity contribution in [1.82, 2.24) is 0 Å². The standard InChI is InChI=1S/C13H10O4.C10H4N6O5S/c14-10-7-6-9(12(16)13(10)17)11(15)8-4-2-1-3-5-8;11-15-13-7-6-4(2-1-3-5(6)22(19,20)21)9(17)10(18)8(7)14-16-12/h1-7,14,16-17H;1-3H,(H,19,20,21). The van der Waals surface area contributed by atoms with Gasteiger partial charge in [0.25, 0.3) is 10.1 Å². The summed E-state index contributed by atoms with van der Waals surface area (Å²) in [5.74, 6) is -4.59. The normalized spacial score (nSPS) is 12.3. The van der Waals surface area contributed by atoms with Crippen LogP contribution in [0.1, 0.15) is 31.8 Å². The number of hydrogen-bond acceptors (Lipinski definition) is 10. The zero-order chi connectivity index (χ0) is 28.9. The van der Waals surface area contributed by atoms with Crippen LogP contribution in [0, 0.1) is 0 Å². The summed E-state index contributed by atoms with van der Waals surface area (Å²) in [6.45, 7) is 0. The summed E-state index contributed by atoms with van der Waals surface area (Å²) < 4.78 is 32.0. The Kier molecular flexibility index (Phi) is 7.99. The van der Waals surface area contributed by atoms with Crippen molar-refractivity contribution < 1.29 is 42.7 Å². The van der Waals surface area contributed by atoms with Crippen molar-refractivity contribution in [3.63, 3.8) is 0 Å². The number of carbonyl (C=O) groups excluding carboxylic acids is 3. The van der Waals surface area contributed by atoms with Crippen molar-refractivity contribution in [2.45, 2.75) is 4.90 Å². The summed E-state index contributed by atoms with van der Waals surface area (Å²) in [5, 5.41) is 34.2. The molecule has 0 atom stereocenters. The molecule has 0 heterocycles. The lowest BCUT2D eigenvalue weighted by molar-refractivity contribution is -0.111. The minimum Gasteiger partial charge on any atom is -0.504 e. The lowest BCUT2D eigenvalue weighted by Gasteiger charge is -2.18. The number of allylic oxidation sites excluding steroid dienone is 1. The zero-order valence-corrected chi connectivity index (χ0v) is 20.0. The third kappa shape index (κ3) is 5.53. The van der Waals surface area contributed by atoms with Gasteiger partial charge in [-0.15, -0.1) is 0 Å². The largest absolute Gasteiger partial charge is 0.504 e. The molecule has 196 valence electrons. The van der Waals surface area contributed by atoms with Crippen LogP contribution >= 0.6 is 0 Å². The van der Waals surface area contributed by atoms with Crippen LogP contribution in [-0.2, 0) is 14.9 Å². The fraction of sp³-hybridized carbons (Fsp3) is 0. The Morgan fingerprint density at radius 2 is 1.38 bits per heavy atom. The number of phenols is 3. The fourth-order valence-electron chi connectivity index (χ4n) is 3.41. The van der Waals surface area contributed by atoms with E-state index < -0.39 is 66.6 Å². The first-order valence-electron chi connectivity index (χ1n) is 10.3. The Bertz CT molecular complexity index is 1770. The first kappa shape index (κ1) is 27.9. The van der Waals surface area contributed by atoms with Gasteiger partial charge in [-0.3, -0.25) is 18.9 Å². The maximum atomic E-state index is 12.0. The lowest BCUT2D eigenvalue weighted by Crippen LogP contribution is -2.24. The van der Waals surface area contributed by atoms with Crippen molar-refractivity contribution in [1.29, 1.82) is 0 Å². The monoisotopic (exact) mass is 550 g/mol. The van der Waals surface area contributed by atoms with Gasteiger partial charge in [-0.2, -0.15) is 8.42 Å². The molecule has 0 saturated heterocycles. The Morgan fingerprint density at radius 3 is 1.97 bits per heavy atom. The number of rotatable bonds is 5. The first-order valence-corrected chi connectivity index (χ1v) is 11.8. The Balaban J connectivity index is 0.000000223. The van der Waals surface area contributed by atoms with Gasteiger partial charge in [0, 0.05) is 26.5 Å². The van der Waals surface area contributed by atoms with E-state index in [0.717, 1.165) is 24.3 Å². The first-order chi connectivity index (χ1) is 18.4. The zero-order valence-electron chi connectivity index (χ0n) is 19.2. The molecule has 15 nitrogen and oxygen atoms in total. The van der Waals surface area contributed by atoms with Crippen molar-refractivity contribution in [2.75, 3.05) is 0 Å². The molecule has 39 heavy (non-hydrogen) atoms. The molecular formula is C23H14N6O9S. The quantitative estimate of drug-likeness (QED) is 0.0678. The average Bonchev–Trinajstić information content (AvgIpc) is 2.92. The number of azide groups is 2. The van der Waals surface area contributed by atoms with E-state index in [-0.39, 0.29) is 11.1 Å². The topological polar surface area (TPSA) is 264 Å². The second-order valence-electron chi connectivity index (χ2n) is 7.41. The van der Waals surface area contributed by atoms with Crippen molar-refractivity contribution in [2.24, 2.45) is 10.2 Å². The number of benzene rings is 3. The number of aromatic hydroxyl groups is 3. The highest BCUT2D eigenvalue weighted by Gasteiger charge is 2.35. The van der Waals surface area contributed by atoms with Crippen LogP contribution in [0.3, 0.4) is 0 Å². The van der Waals surface area contributed by atoms with Gasteiger partial charge in [0.15, 0.2) is 17.3 Å². The van der Waals surface area contributed by atoms with Crippen LogP contribution in [0.5, 0.6) is 17.2 Å². The van der Waals surface area contributed by atoms with Crippen molar-refractivity contribution in [3.8, 4) is 17.2 Å². The molecule has 0 unspecified atom stereocenters. The number of carbonyl (C=O) groups is 3. The summed E-state index contributed by atoms with van der Waals surface area (Å²) in [7, 11) is -4.79. The molecule has 1 aliphatic rings. The van der Waals surface area contributed by atoms with E-state index in [1.54, 1.807) is 30.3 Å². The highest BCUT2D eigenvalue weighted by atomic mass is 32.2. The average molecular weight is 550 g/mol. The molecule has 3 aromatic carbocycles. The Morgan fingerprint density at radius 1 is 0.769 bits per heavy atom. The van der Waals surface area contributed by atoms with Gasteiger partial charge in [0.2, 0.25) is 17.3 Å². The van der Waals surface area contributed by atoms with Crippen LogP contribution in [0.2, 0.25) is 0 Å². The molecule has 0 aromatic heterocycles. The molecule has 0 fully saturated rings. The number of nitrogens with zero attached hydrogens (tertiary/aromatic N) is 6. The number of ketones is 3. The second kappa shape index (κ2) is 11.2. The van der Waals surface area contributed by atoms with Crippen LogP contribution < -0.4 is 0 Å². The predicted molar refractivity (Wildman–Crippen MR) is 132 cm³/mol. The molecule has 0 saturated carbocycles. The molecule has 4 rings (SSSR count). The number of phenolic OH excluding ortho intramolecular Hbond substituents is 3.